The lowest BCUT2D eigenvalue weighted by Crippen LogP contribution is -2.26. The lowest BCUT2D eigenvalue weighted by molar-refractivity contribution is 0.256. The van der Waals surface area contributed by atoms with Gasteiger partial charge in [0, 0.05) is 0 Å². The molecule has 1 heteroatoms. The second-order valence-electron chi connectivity index (χ2n) is 6.93. The molecule has 0 amide bonds. The zero-order valence-corrected chi connectivity index (χ0v) is 12.4. The molecule has 0 N–H and O–H groups in total. The van der Waals surface area contributed by atoms with Crippen LogP contribution in [0.2, 0.25) is 0 Å². The van der Waals surface area contributed by atoms with Crippen LogP contribution in [0.25, 0.3) is 0 Å². The smallest absolute Gasteiger partial charge is 0.0523 e. The Morgan fingerprint density at radius 3 is 2.41 bits per heavy atom. The first-order valence-electron chi connectivity index (χ1n) is 7.35. The van der Waals surface area contributed by atoms with E-state index in [0.717, 1.165) is 18.3 Å². The summed E-state index contributed by atoms with van der Waals surface area (Å²) in [5, 5.41) is 0.276. The average Bonchev–Trinajstić information content (AvgIpc) is 2.26. The van der Waals surface area contributed by atoms with Gasteiger partial charge in [-0.2, -0.15) is 0 Å². The van der Waals surface area contributed by atoms with E-state index in [1.54, 1.807) is 5.57 Å². The first-order chi connectivity index (χ1) is 8.00. The highest BCUT2D eigenvalue weighted by atomic mass is 35.5. The van der Waals surface area contributed by atoms with Gasteiger partial charge in [0.2, 0.25) is 0 Å². The highest BCUT2D eigenvalue weighted by Crippen LogP contribution is 2.44. The van der Waals surface area contributed by atoms with Gasteiger partial charge in [0.1, 0.15) is 0 Å². The van der Waals surface area contributed by atoms with Crippen LogP contribution in [-0.2, 0) is 0 Å². The van der Waals surface area contributed by atoms with E-state index in [2.05, 4.69) is 26.8 Å². The van der Waals surface area contributed by atoms with Crippen molar-refractivity contribution in [2.45, 2.75) is 71.1 Å². The van der Waals surface area contributed by atoms with Gasteiger partial charge in [0.15, 0.2) is 0 Å². The normalized spacial score (nSPS) is 37.6. The minimum absolute atomic E-state index is 0.276. The molecule has 98 valence electrons. The highest BCUT2D eigenvalue weighted by molar-refractivity contribution is 6.21. The Labute approximate surface area is 112 Å². The zero-order valence-electron chi connectivity index (χ0n) is 11.6. The summed E-state index contributed by atoms with van der Waals surface area (Å²) in [6.45, 7) is 7.07. The predicted octanol–water partition coefficient (Wildman–Crippen LogP) is 5.56. The van der Waals surface area contributed by atoms with Crippen LogP contribution in [0.1, 0.15) is 65.7 Å². The SMILES string of the molecule is CCC1CCC(C2=CC(Cl)CC(C)(C)C2)CC1. The molecular weight excluding hydrogens is 228 g/mol. The lowest BCUT2D eigenvalue weighted by Gasteiger charge is -2.38. The highest BCUT2D eigenvalue weighted by Gasteiger charge is 2.32. The van der Waals surface area contributed by atoms with E-state index in [1.807, 2.05) is 0 Å². The zero-order chi connectivity index (χ0) is 12.5. The quantitative estimate of drug-likeness (QED) is 0.447. The lowest BCUT2D eigenvalue weighted by atomic mass is 9.69. The van der Waals surface area contributed by atoms with Crippen molar-refractivity contribution in [1.82, 2.24) is 0 Å². The van der Waals surface area contributed by atoms with Crippen LogP contribution >= 0.6 is 11.6 Å². The molecule has 0 aromatic rings. The Morgan fingerprint density at radius 2 is 1.88 bits per heavy atom. The molecule has 0 heterocycles. The van der Waals surface area contributed by atoms with Gasteiger partial charge in [-0.25, -0.2) is 0 Å². The standard InChI is InChI=1S/C16H27Cl/c1-4-12-5-7-13(8-6-12)14-9-15(17)11-16(2,3)10-14/h9,12-13,15H,4-8,10-11H2,1-3H3. The number of hydrogen-bond acceptors (Lipinski definition) is 0. The topological polar surface area (TPSA) is 0 Å². The predicted molar refractivity (Wildman–Crippen MR) is 76.5 cm³/mol. The molecule has 1 unspecified atom stereocenters. The van der Waals surface area contributed by atoms with Gasteiger partial charge >= 0.3 is 0 Å². The monoisotopic (exact) mass is 254 g/mol. The summed E-state index contributed by atoms with van der Waals surface area (Å²) >= 11 is 6.39. The van der Waals surface area contributed by atoms with Crippen molar-refractivity contribution in [2.24, 2.45) is 17.3 Å². The molecule has 0 spiro atoms. The van der Waals surface area contributed by atoms with Crippen LogP contribution in [0.4, 0.5) is 0 Å². The molecular formula is C16H27Cl. The Morgan fingerprint density at radius 1 is 1.24 bits per heavy atom. The molecule has 0 bridgehead atoms. The molecule has 0 aliphatic heterocycles. The van der Waals surface area contributed by atoms with Crippen LogP contribution in [0.5, 0.6) is 0 Å². The number of halogens is 1. The minimum atomic E-state index is 0.276. The molecule has 2 aliphatic rings. The van der Waals surface area contributed by atoms with E-state index in [0.29, 0.717) is 5.41 Å². The first-order valence-corrected chi connectivity index (χ1v) is 7.78. The van der Waals surface area contributed by atoms with Crippen LogP contribution in [-0.4, -0.2) is 5.38 Å². The Balaban J connectivity index is 1.98. The molecule has 2 aliphatic carbocycles. The van der Waals surface area contributed by atoms with Crippen LogP contribution in [0.15, 0.2) is 11.6 Å². The molecule has 0 saturated heterocycles. The summed E-state index contributed by atoms with van der Waals surface area (Å²) in [6, 6.07) is 0. The third kappa shape index (κ3) is 3.50. The first kappa shape index (κ1) is 13.5. The van der Waals surface area contributed by atoms with E-state index in [1.165, 1.54) is 38.5 Å². The van der Waals surface area contributed by atoms with Gasteiger partial charge in [-0.3, -0.25) is 0 Å². The molecule has 1 atom stereocenters. The van der Waals surface area contributed by atoms with Gasteiger partial charge in [-0.05, 0) is 55.8 Å². The van der Waals surface area contributed by atoms with Crippen molar-refractivity contribution in [3.63, 3.8) is 0 Å². The molecule has 2 rings (SSSR count). The summed E-state index contributed by atoms with van der Waals surface area (Å²) in [5.41, 5.74) is 2.09. The molecule has 17 heavy (non-hydrogen) atoms. The summed E-state index contributed by atoms with van der Waals surface area (Å²) in [5.74, 6) is 1.84. The van der Waals surface area contributed by atoms with Gasteiger partial charge < -0.3 is 0 Å². The maximum atomic E-state index is 6.39. The second kappa shape index (κ2) is 5.34. The van der Waals surface area contributed by atoms with Crippen molar-refractivity contribution >= 4 is 11.6 Å². The van der Waals surface area contributed by atoms with Crippen molar-refractivity contribution in [3.8, 4) is 0 Å². The fourth-order valence-electron chi connectivity index (χ4n) is 3.72. The molecule has 1 saturated carbocycles. The fourth-order valence-corrected chi connectivity index (χ4v) is 4.30. The minimum Gasteiger partial charge on any atom is -0.118 e. The second-order valence-corrected chi connectivity index (χ2v) is 7.49. The van der Waals surface area contributed by atoms with E-state index in [-0.39, 0.29) is 5.38 Å². The van der Waals surface area contributed by atoms with E-state index in [9.17, 15) is 0 Å². The van der Waals surface area contributed by atoms with Gasteiger partial charge in [0.05, 0.1) is 5.38 Å². The number of rotatable bonds is 2. The van der Waals surface area contributed by atoms with Crippen molar-refractivity contribution < 1.29 is 0 Å². The summed E-state index contributed by atoms with van der Waals surface area (Å²) in [7, 11) is 0. The maximum absolute atomic E-state index is 6.39. The van der Waals surface area contributed by atoms with Crippen molar-refractivity contribution in [2.75, 3.05) is 0 Å². The molecule has 0 nitrogen and oxygen atoms in total. The van der Waals surface area contributed by atoms with Crippen molar-refractivity contribution in [1.29, 1.82) is 0 Å². The van der Waals surface area contributed by atoms with Gasteiger partial charge in [0.25, 0.3) is 0 Å². The van der Waals surface area contributed by atoms with E-state index in [4.69, 9.17) is 11.6 Å². The third-order valence-corrected chi connectivity index (χ3v) is 5.05. The summed E-state index contributed by atoms with van der Waals surface area (Å²) in [4.78, 5) is 0. The van der Waals surface area contributed by atoms with Gasteiger partial charge in [-0.1, -0.05) is 38.8 Å². The Bertz CT molecular complexity index is 282. The van der Waals surface area contributed by atoms with Crippen molar-refractivity contribution in [3.05, 3.63) is 11.6 Å². The Hall–Kier alpha value is 0.0300. The summed E-state index contributed by atoms with van der Waals surface area (Å²) in [6.07, 6.45) is 11.9. The van der Waals surface area contributed by atoms with E-state index >= 15 is 0 Å². The maximum Gasteiger partial charge on any atom is 0.0523 e. The largest absolute Gasteiger partial charge is 0.118 e. The molecule has 0 radical (unpaired) electrons. The number of hydrogen-bond donors (Lipinski definition) is 0. The van der Waals surface area contributed by atoms with E-state index < -0.39 is 0 Å². The van der Waals surface area contributed by atoms with Crippen LogP contribution in [0.3, 0.4) is 0 Å². The Kier molecular flexibility index (Phi) is 4.23. The van der Waals surface area contributed by atoms with Crippen LogP contribution in [0, 0.1) is 17.3 Å². The average molecular weight is 255 g/mol. The molecule has 0 aromatic heterocycles. The fraction of sp³-hybridized carbons (Fsp3) is 0.875. The van der Waals surface area contributed by atoms with Gasteiger partial charge in [-0.15, -0.1) is 11.6 Å². The molecule has 1 fully saturated rings. The molecule has 0 aromatic carbocycles. The third-order valence-electron chi connectivity index (χ3n) is 4.77. The van der Waals surface area contributed by atoms with Crippen LogP contribution < -0.4 is 0 Å². The summed E-state index contributed by atoms with van der Waals surface area (Å²) < 4.78 is 0. The number of allylic oxidation sites excluding steroid dienone is 2. The number of alkyl halides is 1.